The highest BCUT2D eigenvalue weighted by molar-refractivity contribution is 5.81. The summed E-state index contributed by atoms with van der Waals surface area (Å²) in [5, 5.41) is 7.26. The van der Waals surface area contributed by atoms with Crippen LogP contribution in [0.4, 0.5) is 0 Å². The highest BCUT2D eigenvalue weighted by Gasteiger charge is 2.31. The molecule has 1 N–H and O–H groups in total. The second-order valence-electron chi connectivity index (χ2n) is 7.70. The number of carbonyl (C=O) groups excluding carboxylic acids is 1. The standard InChI is InChI=1S/C19H26N4O/c1-13-12-17(22-21-13)16-7-5-6-15(20-16)14-8-10-23(11-9-14)18(24)19(2,3)4/h5-7,12,14H,8-11H2,1-4H3,(H,21,22). The van der Waals surface area contributed by atoms with Crippen molar-refractivity contribution in [2.45, 2.75) is 46.5 Å². The van der Waals surface area contributed by atoms with Crippen molar-refractivity contribution < 1.29 is 4.79 Å². The third-order valence-corrected chi connectivity index (χ3v) is 4.58. The van der Waals surface area contributed by atoms with Crippen molar-refractivity contribution in [3.05, 3.63) is 35.7 Å². The lowest BCUT2D eigenvalue weighted by atomic mass is 9.89. The lowest BCUT2D eigenvalue weighted by molar-refractivity contribution is -0.140. The maximum absolute atomic E-state index is 12.4. The molecule has 0 unspecified atom stereocenters. The number of carbonyl (C=O) groups is 1. The van der Waals surface area contributed by atoms with Gasteiger partial charge in [-0.1, -0.05) is 26.8 Å². The van der Waals surface area contributed by atoms with Crippen LogP contribution in [0.2, 0.25) is 0 Å². The molecule has 24 heavy (non-hydrogen) atoms. The monoisotopic (exact) mass is 326 g/mol. The first kappa shape index (κ1) is 16.7. The number of rotatable bonds is 2. The predicted molar refractivity (Wildman–Crippen MR) is 94.6 cm³/mol. The molecule has 0 atom stereocenters. The number of nitrogens with zero attached hydrogens (tertiary/aromatic N) is 3. The molecule has 0 aliphatic carbocycles. The molecular weight excluding hydrogens is 300 g/mol. The van der Waals surface area contributed by atoms with Gasteiger partial charge < -0.3 is 4.90 Å². The number of hydrogen-bond donors (Lipinski definition) is 1. The zero-order valence-corrected chi connectivity index (χ0v) is 15.0. The molecule has 1 saturated heterocycles. The SMILES string of the molecule is Cc1cc(-c2cccc(C3CCN(C(=O)C(C)(C)C)CC3)n2)n[nH]1. The van der Waals surface area contributed by atoms with Crippen molar-refractivity contribution in [3.8, 4) is 11.4 Å². The fraction of sp³-hybridized carbons (Fsp3) is 0.526. The van der Waals surface area contributed by atoms with Gasteiger partial charge in [0.2, 0.25) is 5.91 Å². The Labute approximate surface area is 143 Å². The largest absolute Gasteiger partial charge is 0.342 e. The quantitative estimate of drug-likeness (QED) is 0.918. The van der Waals surface area contributed by atoms with Gasteiger partial charge in [-0.2, -0.15) is 5.10 Å². The Morgan fingerprint density at radius 1 is 1.21 bits per heavy atom. The van der Waals surface area contributed by atoms with Gasteiger partial charge in [0.05, 0.1) is 5.69 Å². The number of H-pyrrole nitrogens is 1. The van der Waals surface area contributed by atoms with E-state index in [9.17, 15) is 4.79 Å². The van der Waals surface area contributed by atoms with Crippen LogP contribution in [-0.2, 0) is 4.79 Å². The second-order valence-corrected chi connectivity index (χ2v) is 7.70. The average molecular weight is 326 g/mol. The fourth-order valence-electron chi connectivity index (χ4n) is 3.22. The number of nitrogens with one attached hydrogen (secondary N) is 1. The first-order valence-corrected chi connectivity index (χ1v) is 8.63. The number of amides is 1. The number of aromatic amines is 1. The second kappa shape index (κ2) is 6.38. The molecule has 5 heteroatoms. The maximum Gasteiger partial charge on any atom is 0.227 e. The summed E-state index contributed by atoms with van der Waals surface area (Å²) in [5.41, 5.74) is 3.63. The van der Waals surface area contributed by atoms with Crippen molar-refractivity contribution in [3.63, 3.8) is 0 Å². The summed E-state index contributed by atoms with van der Waals surface area (Å²) in [6.45, 7) is 9.57. The minimum absolute atomic E-state index is 0.245. The van der Waals surface area contributed by atoms with E-state index < -0.39 is 0 Å². The van der Waals surface area contributed by atoms with Gasteiger partial charge in [-0.3, -0.25) is 14.9 Å². The van der Waals surface area contributed by atoms with Gasteiger partial charge >= 0.3 is 0 Å². The summed E-state index contributed by atoms with van der Waals surface area (Å²) >= 11 is 0. The summed E-state index contributed by atoms with van der Waals surface area (Å²) in [5.74, 6) is 0.656. The van der Waals surface area contributed by atoms with Gasteiger partial charge in [0, 0.05) is 35.8 Å². The molecule has 3 rings (SSSR count). The third kappa shape index (κ3) is 3.50. The van der Waals surface area contributed by atoms with Crippen LogP contribution in [0.15, 0.2) is 24.3 Å². The van der Waals surface area contributed by atoms with Gasteiger partial charge in [0.25, 0.3) is 0 Å². The van der Waals surface area contributed by atoms with Crippen LogP contribution in [0.1, 0.15) is 50.9 Å². The lowest BCUT2D eigenvalue weighted by Crippen LogP contribution is -2.43. The van der Waals surface area contributed by atoms with Crippen molar-refractivity contribution >= 4 is 5.91 Å². The third-order valence-electron chi connectivity index (χ3n) is 4.58. The topological polar surface area (TPSA) is 61.9 Å². The molecule has 0 aromatic carbocycles. The van der Waals surface area contributed by atoms with E-state index in [1.807, 2.05) is 50.8 Å². The van der Waals surface area contributed by atoms with E-state index in [1.54, 1.807) is 0 Å². The normalized spacial score (nSPS) is 16.4. The summed E-state index contributed by atoms with van der Waals surface area (Å²) in [4.78, 5) is 19.2. The van der Waals surface area contributed by atoms with Crippen molar-refractivity contribution in [2.75, 3.05) is 13.1 Å². The Morgan fingerprint density at radius 2 is 1.92 bits per heavy atom. The number of aryl methyl sites for hydroxylation is 1. The van der Waals surface area contributed by atoms with E-state index in [2.05, 4.69) is 16.3 Å². The van der Waals surface area contributed by atoms with Crippen LogP contribution in [0, 0.1) is 12.3 Å². The van der Waals surface area contributed by atoms with Crippen LogP contribution in [0.25, 0.3) is 11.4 Å². The zero-order valence-electron chi connectivity index (χ0n) is 15.0. The molecule has 1 amide bonds. The van der Waals surface area contributed by atoms with E-state index in [4.69, 9.17) is 4.98 Å². The molecule has 1 aliphatic heterocycles. The molecule has 1 aliphatic rings. The first-order valence-electron chi connectivity index (χ1n) is 8.63. The van der Waals surface area contributed by atoms with Crippen molar-refractivity contribution in [1.82, 2.24) is 20.1 Å². The van der Waals surface area contributed by atoms with Crippen LogP contribution in [0.3, 0.4) is 0 Å². The molecule has 0 saturated carbocycles. The number of piperidine rings is 1. The van der Waals surface area contributed by atoms with Crippen LogP contribution >= 0.6 is 0 Å². The van der Waals surface area contributed by atoms with E-state index in [0.717, 1.165) is 48.7 Å². The highest BCUT2D eigenvalue weighted by Crippen LogP contribution is 2.30. The van der Waals surface area contributed by atoms with Gasteiger partial charge in [-0.15, -0.1) is 0 Å². The first-order chi connectivity index (χ1) is 11.3. The maximum atomic E-state index is 12.4. The molecule has 1 fully saturated rings. The van der Waals surface area contributed by atoms with E-state index in [1.165, 1.54) is 0 Å². The average Bonchev–Trinajstić information content (AvgIpc) is 3.00. The van der Waals surface area contributed by atoms with Gasteiger partial charge in [0.1, 0.15) is 5.69 Å². The van der Waals surface area contributed by atoms with Crippen LogP contribution in [0.5, 0.6) is 0 Å². The molecular formula is C19H26N4O. The highest BCUT2D eigenvalue weighted by atomic mass is 16.2. The Balaban J connectivity index is 1.70. The van der Waals surface area contributed by atoms with Gasteiger partial charge in [-0.25, -0.2) is 0 Å². The number of hydrogen-bond acceptors (Lipinski definition) is 3. The predicted octanol–water partition coefficient (Wildman–Crippen LogP) is 3.53. The smallest absolute Gasteiger partial charge is 0.227 e. The Morgan fingerprint density at radius 3 is 2.50 bits per heavy atom. The minimum atomic E-state index is -0.303. The fourth-order valence-corrected chi connectivity index (χ4v) is 3.22. The molecule has 2 aromatic heterocycles. The summed E-state index contributed by atoms with van der Waals surface area (Å²) in [6.07, 6.45) is 1.94. The lowest BCUT2D eigenvalue weighted by Gasteiger charge is -2.35. The molecule has 5 nitrogen and oxygen atoms in total. The molecule has 0 spiro atoms. The van der Waals surface area contributed by atoms with Gasteiger partial charge in [-0.05, 0) is 38.0 Å². The summed E-state index contributed by atoms with van der Waals surface area (Å²) in [7, 11) is 0. The van der Waals surface area contributed by atoms with Crippen molar-refractivity contribution in [1.29, 1.82) is 0 Å². The van der Waals surface area contributed by atoms with Gasteiger partial charge in [0.15, 0.2) is 0 Å². The molecule has 0 bridgehead atoms. The van der Waals surface area contributed by atoms with E-state index in [0.29, 0.717) is 5.92 Å². The van der Waals surface area contributed by atoms with E-state index >= 15 is 0 Å². The Kier molecular flexibility index (Phi) is 4.43. The Bertz CT molecular complexity index is 721. The number of pyridine rings is 1. The number of likely N-dealkylation sites (tertiary alicyclic amines) is 1. The van der Waals surface area contributed by atoms with Crippen molar-refractivity contribution in [2.24, 2.45) is 5.41 Å². The summed E-state index contributed by atoms with van der Waals surface area (Å²) < 4.78 is 0. The molecule has 2 aromatic rings. The zero-order chi connectivity index (χ0) is 17.3. The molecule has 128 valence electrons. The van der Waals surface area contributed by atoms with Crippen LogP contribution in [-0.4, -0.2) is 39.1 Å². The van der Waals surface area contributed by atoms with Crippen LogP contribution < -0.4 is 0 Å². The Hall–Kier alpha value is -2.17. The molecule has 0 radical (unpaired) electrons. The minimum Gasteiger partial charge on any atom is -0.342 e. The summed E-state index contributed by atoms with van der Waals surface area (Å²) in [6, 6.07) is 8.15. The molecule has 3 heterocycles. The number of aromatic nitrogens is 3. The van der Waals surface area contributed by atoms with E-state index in [-0.39, 0.29) is 11.3 Å².